The molecule has 1 aromatic carbocycles. The molecule has 6 nitrogen and oxygen atoms in total. The summed E-state index contributed by atoms with van der Waals surface area (Å²) in [5, 5.41) is 4.97. The molecule has 2 amide bonds. The smallest absolute Gasteiger partial charge is 0.286 e. The molecule has 0 aliphatic heterocycles. The average molecular weight is 338 g/mol. The van der Waals surface area contributed by atoms with Crippen LogP contribution in [0, 0.1) is 11.6 Å². The summed E-state index contributed by atoms with van der Waals surface area (Å²) < 4.78 is 36.5. The van der Waals surface area contributed by atoms with Crippen LogP contribution in [0.25, 0.3) is 0 Å². The standard InChI is InChI=1S/C16H16F2N2O4/c1-23-15-11(17)8-10(9-12(15)18)20-14(21)5-2-6-19-16(22)13-4-3-7-24-13/h3-4,7-9H,2,5-6H2,1H3,(H,19,22)(H,20,21). The molecule has 0 atom stereocenters. The number of hydrogen-bond donors (Lipinski definition) is 2. The number of carbonyl (C=O) groups is 2. The van der Waals surface area contributed by atoms with Gasteiger partial charge in [0.15, 0.2) is 23.1 Å². The van der Waals surface area contributed by atoms with E-state index in [9.17, 15) is 18.4 Å². The molecule has 1 aromatic heterocycles. The van der Waals surface area contributed by atoms with Crippen LogP contribution in [0.1, 0.15) is 23.4 Å². The number of amides is 2. The van der Waals surface area contributed by atoms with Crippen LogP contribution in [0.5, 0.6) is 5.75 Å². The summed E-state index contributed by atoms with van der Waals surface area (Å²) in [4.78, 5) is 23.3. The predicted octanol–water partition coefficient (Wildman–Crippen LogP) is 2.72. The molecule has 24 heavy (non-hydrogen) atoms. The minimum absolute atomic E-state index is 0.00424. The van der Waals surface area contributed by atoms with Crippen molar-refractivity contribution in [2.24, 2.45) is 0 Å². The summed E-state index contributed by atoms with van der Waals surface area (Å²) >= 11 is 0. The van der Waals surface area contributed by atoms with Gasteiger partial charge in [0.05, 0.1) is 13.4 Å². The third kappa shape index (κ3) is 4.55. The highest BCUT2D eigenvalue weighted by atomic mass is 19.1. The van der Waals surface area contributed by atoms with E-state index in [1.807, 2.05) is 0 Å². The zero-order chi connectivity index (χ0) is 17.5. The molecule has 0 bridgehead atoms. The van der Waals surface area contributed by atoms with Crippen molar-refractivity contribution in [1.29, 1.82) is 0 Å². The number of rotatable bonds is 7. The second-order valence-corrected chi connectivity index (χ2v) is 4.86. The number of nitrogens with one attached hydrogen (secondary N) is 2. The van der Waals surface area contributed by atoms with Gasteiger partial charge in [0, 0.05) is 30.8 Å². The Labute approximate surface area is 136 Å². The normalized spacial score (nSPS) is 10.3. The first-order chi connectivity index (χ1) is 11.5. The van der Waals surface area contributed by atoms with Crippen LogP contribution < -0.4 is 15.4 Å². The van der Waals surface area contributed by atoms with Crippen molar-refractivity contribution in [2.45, 2.75) is 12.8 Å². The quantitative estimate of drug-likeness (QED) is 0.761. The van der Waals surface area contributed by atoms with Crippen molar-refractivity contribution in [3.8, 4) is 5.75 Å². The first-order valence-corrected chi connectivity index (χ1v) is 7.16. The predicted molar refractivity (Wildman–Crippen MR) is 81.8 cm³/mol. The van der Waals surface area contributed by atoms with Crippen molar-refractivity contribution in [3.05, 3.63) is 47.9 Å². The average Bonchev–Trinajstić information content (AvgIpc) is 3.05. The minimum atomic E-state index is -0.904. The van der Waals surface area contributed by atoms with Crippen LogP contribution in [-0.2, 0) is 4.79 Å². The number of anilines is 1. The number of carbonyl (C=O) groups excluding carboxylic acids is 2. The Morgan fingerprint density at radius 3 is 2.54 bits per heavy atom. The van der Waals surface area contributed by atoms with Gasteiger partial charge in [-0.15, -0.1) is 0 Å². The summed E-state index contributed by atoms with van der Waals surface area (Å²) in [6.45, 7) is 0.262. The Bertz CT molecular complexity index is 694. The van der Waals surface area contributed by atoms with E-state index in [1.54, 1.807) is 6.07 Å². The third-order valence-corrected chi connectivity index (χ3v) is 3.10. The molecule has 0 spiro atoms. The van der Waals surface area contributed by atoms with Crippen molar-refractivity contribution in [2.75, 3.05) is 19.0 Å². The fourth-order valence-corrected chi connectivity index (χ4v) is 2.00. The molecule has 0 aliphatic carbocycles. The van der Waals surface area contributed by atoms with Gasteiger partial charge in [0.25, 0.3) is 5.91 Å². The SMILES string of the molecule is COc1c(F)cc(NC(=O)CCCNC(=O)c2ccco2)cc1F. The summed E-state index contributed by atoms with van der Waals surface area (Å²) in [7, 11) is 1.15. The molecule has 8 heteroatoms. The van der Waals surface area contributed by atoms with Gasteiger partial charge in [-0.25, -0.2) is 8.78 Å². The molecule has 2 aromatic rings. The van der Waals surface area contributed by atoms with Gasteiger partial charge in [0.1, 0.15) is 0 Å². The van der Waals surface area contributed by atoms with Crippen LogP contribution in [0.2, 0.25) is 0 Å². The molecule has 0 saturated carbocycles. The fraction of sp³-hybridized carbons (Fsp3) is 0.250. The second-order valence-electron chi connectivity index (χ2n) is 4.86. The maximum absolute atomic E-state index is 13.5. The van der Waals surface area contributed by atoms with Crippen LogP contribution in [0.15, 0.2) is 34.9 Å². The lowest BCUT2D eigenvalue weighted by Gasteiger charge is -2.09. The third-order valence-electron chi connectivity index (χ3n) is 3.10. The molecule has 0 unspecified atom stereocenters. The number of methoxy groups -OCH3 is 1. The van der Waals surface area contributed by atoms with E-state index in [1.165, 1.54) is 12.3 Å². The maximum Gasteiger partial charge on any atom is 0.286 e. The number of hydrogen-bond acceptors (Lipinski definition) is 4. The van der Waals surface area contributed by atoms with E-state index in [0.29, 0.717) is 6.42 Å². The number of halogens is 2. The number of benzene rings is 1. The zero-order valence-electron chi connectivity index (χ0n) is 12.9. The minimum Gasteiger partial charge on any atom is -0.491 e. The van der Waals surface area contributed by atoms with Crippen molar-refractivity contribution >= 4 is 17.5 Å². The highest BCUT2D eigenvalue weighted by Crippen LogP contribution is 2.25. The van der Waals surface area contributed by atoms with Crippen molar-refractivity contribution < 1.29 is 27.5 Å². The van der Waals surface area contributed by atoms with Crippen LogP contribution in [-0.4, -0.2) is 25.5 Å². The fourth-order valence-electron chi connectivity index (χ4n) is 2.00. The van der Waals surface area contributed by atoms with Gasteiger partial charge >= 0.3 is 0 Å². The second kappa shape index (κ2) is 8.09. The Hall–Kier alpha value is -2.90. The Morgan fingerprint density at radius 2 is 1.96 bits per heavy atom. The largest absolute Gasteiger partial charge is 0.491 e. The summed E-state index contributed by atoms with van der Waals surface area (Å²) in [6, 6.07) is 5.06. The lowest BCUT2D eigenvalue weighted by atomic mass is 10.2. The van der Waals surface area contributed by atoms with Crippen LogP contribution in [0.3, 0.4) is 0 Å². The molecule has 0 saturated heterocycles. The monoisotopic (exact) mass is 338 g/mol. The van der Waals surface area contributed by atoms with E-state index >= 15 is 0 Å². The van der Waals surface area contributed by atoms with Gasteiger partial charge in [-0.3, -0.25) is 9.59 Å². The molecule has 2 N–H and O–H groups in total. The van der Waals surface area contributed by atoms with Gasteiger partial charge in [-0.2, -0.15) is 0 Å². The van der Waals surface area contributed by atoms with Gasteiger partial charge in [-0.05, 0) is 18.6 Å². The zero-order valence-corrected chi connectivity index (χ0v) is 12.9. The lowest BCUT2D eigenvalue weighted by Crippen LogP contribution is -2.25. The molecule has 0 aliphatic rings. The van der Waals surface area contributed by atoms with Crippen molar-refractivity contribution in [1.82, 2.24) is 5.32 Å². The highest BCUT2D eigenvalue weighted by Gasteiger charge is 2.13. The first-order valence-electron chi connectivity index (χ1n) is 7.16. The van der Waals surface area contributed by atoms with E-state index in [2.05, 4.69) is 15.4 Å². The van der Waals surface area contributed by atoms with E-state index in [4.69, 9.17) is 4.42 Å². The molecule has 128 valence electrons. The highest BCUT2D eigenvalue weighted by molar-refractivity contribution is 5.92. The van der Waals surface area contributed by atoms with Gasteiger partial charge < -0.3 is 19.8 Å². The van der Waals surface area contributed by atoms with Crippen molar-refractivity contribution in [3.63, 3.8) is 0 Å². The Balaban J connectivity index is 1.76. The Kier molecular flexibility index (Phi) is 5.89. The summed E-state index contributed by atoms with van der Waals surface area (Å²) in [5.41, 5.74) is -0.00424. The summed E-state index contributed by atoms with van der Waals surface area (Å²) in [5.74, 6) is -2.93. The summed E-state index contributed by atoms with van der Waals surface area (Å²) in [6.07, 6.45) is 1.82. The van der Waals surface area contributed by atoms with Gasteiger partial charge in [-0.1, -0.05) is 0 Å². The molecular formula is C16H16F2N2O4. The topological polar surface area (TPSA) is 80.6 Å². The molecule has 1 heterocycles. The first kappa shape index (κ1) is 17.5. The Morgan fingerprint density at radius 1 is 1.25 bits per heavy atom. The van der Waals surface area contributed by atoms with Crippen LogP contribution in [0.4, 0.5) is 14.5 Å². The number of ether oxygens (including phenoxy) is 1. The van der Waals surface area contributed by atoms with E-state index in [0.717, 1.165) is 19.2 Å². The van der Waals surface area contributed by atoms with E-state index in [-0.39, 0.29) is 30.3 Å². The molecule has 0 fully saturated rings. The maximum atomic E-state index is 13.5. The molecule has 0 radical (unpaired) electrons. The molecular weight excluding hydrogens is 322 g/mol. The van der Waals surface area contributed by atoms with Crippen LogP contribution >= 0.6 is 0 Å². The van der Waals surface area contributed by atoms with E-state index < -0.39 is 23.3 Å². The van der Waals surface area contributed by atoms with Gasteiger partial charge in [0.2, 0.25) is 5.91 Å². The number of furan rings is 1. The lowest BCUT2D eigenvalue weighted by molar-refractivity contribution is -0.116. The molecule has 2 rings (SSSR count).